The van der Waals surface area contributed by atoms with Crippen LogP contribution in [0.5, 0.6) is 0 Å². The van der Waals surface area contributed by atoms with Gasteiger partial charge in [-0.3, -0.25) is 28.0 Å². The van der Waals surface area contributed by atoms with Gasteiger partial charge in [0.2, 0.25) is 0 Å². The average molecular weight is 257 g/mol. The van der Waals surface area contributed by atoms with E-state index >= 15 is 0 Å². The Kier molecular flexibility index (Phi) is 13.2. The van der Waals surface area contributed by atoms with Crippen LogP contribution in [-0.2, 0) is 26.8 Å². The molecule has 2 nitrogen and oxygen atoms in total. The fourth-order valence-corrected chi connectivity index (χ4v) is 0.295. The van der Waals surface area contributed by atoms with Gasteiger partial charge in [0.05, 0.1) is 6.61 Å². The molecule has 0 aliphatic rings. The van der Waals surface area contributed by atoms with E-state index in [-0.39, 0.29) is 4.84 Å². The molecule has 0 spiro atoms. The minimum atomic E-state index is -0.671. The second-order valence-electron chi connectivity index (χ2n) is 0.981. The zero-order chi connectivity index (χ0) is 8.57. The second-order valence-corrected chi connectivity index (χ2v) is 1.93. The van der Waals surface area contributed by atoms with Crippen molar-refractivity contribution in [3.05, 3.63) is 4.84 Å². The predicted molar refractivity (Wildman–Crippen MR) is 37.4 cm³/mol. The number of halogens is 3. The third-order valence-electron chi connectivity index (χ3n) is 0.430. The van der Waals surface area contributed by atoms with Gasteiger partial charge in [-0.2, -0.15) is 0 Å². The Hall–Kier alpha value is 0.833. The van der Waals surface area contributed by atoms with Crippen LogP contribution in [-0.4, -0.2) is 12.6 Å². The van der Waals surface area contributed by atoms with E-state index in [0.29, 0.717) is 6.61 Å². The van der Waals surface area contributed by atoms with E-state index in [2.05, 4.69) is 4.74 Å². The van der Waals surface area contributed by atoms with Gasteiger partial charge >= 0.3 is 27.0 Å². The first-order valence-corrected chi connectivity index (χ1v) is 6.95. The van der Waals surface area contributed by atoms with Crippen molar-refractivity contribution in [2.75, 3.05) is 6.61 Å². The van der Waals surface area contributed by atoms with Crippen molar-refractivity contribution in [3.63, 3.8) is 0 Å². The Bertz CT molecular complexity index is 88.6. The molecule has 0 saturated heterocycles. The van der Waals surface area contributed by atoms with Gasteiger partial charge in [0.1, 0.15) is 0 Å². The summed E-state index contributed by atoms with van der Waals surface area (Å²) in [6, 6.07) is 0. The third-order valence-corrected chi connectivity index (χ3v) is 0.738. The van der Waals surface area contributed by atoms with E-state index in [4.69, 9.17) is 32.9 Å². The monoisotopic (exact) mass is 254 g/mol. The van der Waals surface area contributed by atoms with E-state index in [1.807, 2.05) is 0 Å². The SMILES string of the molecule is CCOC(=O)[C-](Cl)Cl.[Cl][Zn+]. The summed E-state index contributed by atoms with van der Waals surface area (Å²) in [5.74, 6) is -0.671. The average Bonchev–Trinajstić information content (AvgIpc) is 1.93. The molecule has 10 heavy (non-hydrogen) atoms. The van der Waals surface area contributed by atoms with Gasteiger partial charge in [0, 0.05) is 0 Å². The minimum absolute atomic E-state index is 0.293. The van der Waals surface area contributed by atoms with Crippen molar-refractivity contribution in [1.29, 1.82) is 0 Å². The molecule has 0 N–H and O–H groups in total. The van der Waals surface area contributed by atoms with Crippen LogP contribution >= 0.6 is 32.9 Å². The van der Waals surface area contributed by atoms with Gasteiger partial charge in [0.25, 0.3) is 0 Å². The zero-order valence-corrected chi connectivity index (χ0v) is 10.6. The molecule has 0 amide bonds. The molecule has 0 unspecified atom stereocenters. The van der Waals surface area contributed by atoms with Crippen LogP contribution in [0.25, 0.3) is 0 Å². The van der Waals surface area contributed by atoms with Crippen LogP contribution in [0, 0.1) is 4.84 Å². The number of hydrogen-bond acceptors (Lipinski definition) is 2. The third kappa shape index (κ3) is 8.83. The van der Waals surface area contributed by atoms with Gasteiger partial charge in [-0.15, -0.1) is 4.84 Å². The molecule has 0 aromatic heterocycles. The van der Waals surface area contributed by atoms with Gasteiger partial charge in [0.15, 0.2) is 5.97 Å². The van der Waals surface area contributed by atoms with E-state index in [1.165, 1.54) is 0 Å². The Morgan fingerprint density at radius 1 is 1.60 bits per heavy atom. The fourth-order valence-electron chi connectivity index (χ4n) is 0.186. The van der Waals surface area contributed by atoms with E-state index in [0.717, 1.165) is 17.3 Å². The molecule has 0 aliphatic heterocycles. The zero-order valence-electron chi connectivity index (χ0n) is 5.36. The fraction of sp³-hybridized carbons (Fsp3) is 0.500. The number of carbonyl (C=O) groups is 1. The Morgan fingerprint density at radius 3 is 2.10 bits per heavy atom. The molecule has 0 fully saturated rings. The van der Waals surface area contributed by atoms with E-state index in [9.17, 15) is 4.79 Å². The van der Waals surface area contributed by atoms with E-state index in [1.54, 1.807) is 6.92 Å². The number of rotatable bonds is 2. The second kappa shape index (κ2) is 9.83. The molecule has 0 aromatic carbocycles. The molecule has 0 rings (SSSR count). The first-order chi connectivity index (χ1) is 4.68. The van der Waals surface area contributed by atoms with Gasteiger partial charge in [-0.1, -0.05) is 0 Å². The summed E-state index contributed by atoms with van der Waals surface area (Å²) in [7, 11) is 4.76. The maximum atomic E-state index is 10.2. The summed E-state index contributed by atoms with van der Waals surface area (Å²) in [4.78, 5) is 9.86. The first-order valence-electron chi connectivity index (χ1n) is 2.30. The van der Waals surface area contributed by atoms with Crippen molar-refractivity contribution < 1.29 is 26.8 Å². The van der Waals surface area contributed by atoms with Crippen LogP contribution in [0.2, 0.25) is 0 Å². The van der Waals surface area contributed by atoms with Crippen LogP contribution in [0.3, 0.4) is 0 Å². The summed E-state index contributed by atoms with van der Waals surface area (Å²) in [6.45, 7) is 1.97. The van der Waals surface area contributed by atoms with Gasteiger partial charge < -0.3 is 4.74 Å². The maximum absolute atomic E-state index is 10.2. The number of hydrogen-bond donors (Lipinski definition) is 0. The topological polar surface area (TPSA) is 26.3 Å². The standard InChI is InChI=1S/C4H5Cl2O2.ClH.Zn/c1-2-8-4(7)3(5)6;;/h2H2,1H3;1H;/q-1;;+2/p-1. The molecule has 0 heterocycles. The summed E-state index contributed by atoms with van der Waals surface area (Å²) >= 11 is 10.9. The number of esters is 1. The summed E-state index contributed by atoms with van der Waals surface area (Å²) in [6.07, 6.45) is 0. The summed E-state index contributed by atoms with van der Waals surface area (Å²) in [5.41, 5.74) is 0. The molecule has 0 aromatic rings. The van der Waals surface area contributed by atoms with E-state index < -0.39 is 5.97 Å². The Morgan fingerprint density at radius 2 is 2.00 bits per heavy atom. The van der Waals surface area contributed by atoms with Crippen LogP contribution in [0.4, 0.5) is 0 Å². The van der Waals surface area contributed by atoms with Crippen molar-refractivity contribution in [2.24, 2.45) is 0 Å². The molecule has 0 bridgehead atoms. The molecule has 0 radical (unpaired) electrons. The summed E-state index contributed by atoms with van der Waals surface area (Å²) in [5, 5.41) is 0. The number of ether oxygens (including phenoxy) is 1. The molecule has 0 aliphatic carbocycles. The molecule has 0 saturated carbocycles. The van der Waals surface area contributed by atoms with Crippen LogP contribution < -0.4 is 0 Å². The van der Waals surface area contributed by atoms with Crippen molar-refractivity contribution in [2.45, 2.75) is 6.92 Å². The van der Waals surface area contributed by atoms with Crippen LogP contribution in [0.15, 0.2) is 0 Å². The van der Waals surface area contributed by atoms with Crippen molar-refractivity contribution in [1.82, 2.24) is 0 Å². The van der Waals surface area contributed by atoms with Crippen LogP contribution in [0.1, 0.15) is 6.92 Å². The molecular weight excluding hydrogens is 252 g/mol. The summed E-state index contributed by atoms with van der Waals surface area (Å²) < 4.78 is 4.36. The molecular formula is C4H5Cl3O2Zn. The molecule has 0 atom stereocenters. The van der Waals surface area contributed by atoms with Crippen molar-refractivity contribution >= 4 is 38.9 Å². The molecule has 6 heteroatoms. The van der Waals surface area contributed by atoms with Gasteiger partial charge in [-0.25, -0.2) is 0 Å². The normalized spacial score (nSPS) is 7.40. The first kappa shape index (κ1) is 13.4. The Balaban J connectivity index is 0. The Labute approximate surface area is 83.9 Å². The molecule has 56 valence electrons. The van der Waals surface area contributed by atoms with Gasteiger partial charge in [-0.05, 0) is 6.92 Å². The number of carbonyl (C=O) groups excluding carboxylic acids is 1. The predicted octanol–water partition coefficient (Wildman–Crippen LogP) is 2.20. The quantitative estimate of drug-likeness (QED) is 0.430. The van der Waals surface area contributed by atoms with Crippen molar-refractivity contribution in [3.8, 4) is 0 Å².